The standard InChI is InChI=1S/C20H24F4N4/c21-17-2-1-14(11-16(17)20(22,23)24)18-12-28(15-5-9-26-10-6-15)19(27-18)13-3-7-25-8-4-13/h1-2,11-13,15,25-26H,3-10H2. The average molecular weight is 396 g/mol. The number of hydrogen-bond donors (Lipinski definition) is 2. The molecule has 0 aliphatic carbocycles. The number of rotatable bonds is 3. The van der Waals surface area contributed by atoms with E-state index in [1.807, 2.05) is 6.20 Å². The highest BCUT2D eigenvalue weighted by molar-refractivity contribution is 5.60. The summed E-state index contributed by atoms with van der Waals surface area (Å²) in [7, 11) is 0. The molecule has 3 heterocycles. The molecule has 2 aliphatic rings. The molecule has 0 radical (unpaired) electrons. The van der Waals surface area contributed by atoms with Crippen molar-refractivity contribution < 1.29 is 17.6 Å². The number of piperidine rings is 2. The fourth-order valence-corrected chi connectivity index (χ4v) is 4.21. The lowest BCUT2D eigenvalue weighted by Crippen LogP contribution is -2.32. The van der Waals surface area contributed by atoms with Gasteiger partial charge in [0.15, 0.2) is 0 Å². The van der Waals surface area contributed by atoms with Crippen LogP contribution in [0, 0.1) is 5.82 Å². The fourth-order valence-electron chi connectivity index (χ4n) is 4.21. The Labute approximate surface area is 161 Å². The molecule has 2 saturated heterocycles. The Morgan fingerprint density at radius 1 is 0.964 bits per heavy atom. The molecule has 0 atom stereocenters. The molecule has 152 valence electrons. The molecule has 2 N–H and O–H groups in total. The summed E-state index contributed by atoms with van der Waals surface area (Å²) in [4.78, 5) is 4.76. The lowest BCUT2D eigenvalue weighted by Gasteiger charge is -2.29. The molecule has 2 aromatic rings. The number of hydrogen-bond acceptors (Lipinski definition) is 3. The Morgan fingerprint density at radius 3 is 2.25 bits per heavy atom. The zero-order chi connectivity index (χ0) is 19.7. The summed E-state index contributed by atoms with van der Waals surface area (Å²) in [5.74, 6) is -0.0266. The monoisotopic (exact) mass is 396 g/mol. The van der Waals surface area contributed by atoms with Gasteiger partial charge in [-0.15, -0.1) is 0 Å². The van der Waals surface area contributed by atoms with E-state index in [1.165, 1.54) is 6.07 Å². The summed E-state index contributed by atoms with van der Waals surface area (Å²) in [5.41, 5.74) is -0.459. The van der Waals surface area contributed by atoms with Crippen molar-refractivity contribution in [1.82, 2.24) is 20.2 Å². The van der Waals surface area contributed by atoms with Gasteiger partial charge in [0.1, 0.15) is 11.6 Å². The lowest BCUT2D eigenvalue weighted by atomic mass is 9.96. The molecule has 0 unspecified atom stereocenters. The van der Waals surface area contributed by atoms with Crippen LogP contribution in [-0.4, -0.2) is 35.7 Å². The normalized spacial score (nSPS) is 19.9. The summed E-state index contributed by atoms with van der Waals surface area (Å²) in [6, 6.07) is 3.42. The van der Waals surface area contributed by atoms with Crippen LogP contribution in [0.3, 0.4) is 0 Å². The van der Waals surface area contributed by atoms with Gasteiger partial charge in [-0.25, -0.2) is 9.37 Å². The third-order valence-corrected chi connectivity index (χ3v) is 5.73. The SMILES string of the molecule is Fc1ccc(-c2cn(C3CCNCC3)c(C3CCNCC3)n2)cc1C(F)(F)F. The van der Waals surface area contributed by atoms with Gasteiger partial charge in [-0.3, -0.25) is 0 Å². The predicted molar refractivity (Wildman–Crippen MR) is 98.6 cm³/mol. The first-order valence-corrected chi connectivity index (χ1v) is 9.81. The maximum atomic E-state index is 13.7. The molecule has 4 rings (SSSR count). The first kappa shape index (κ1) is 19.4. The van der Waals surface area contributed by atoms with Crippen molar-refractivity contribution in [2.45, 2.75) is 43.8 Å². The highest BCUT2D eigenvalue weighted by Gasteiger charge is 2.35. The third-order valence-electron chi connectivity index (χ3n) is 5.73. The van der Waals surface area contributed by atoms with Gasteiger partial charge < -0.3 is 15.2 Å². The molecule has 2 fully saturated rings. The van der Waals surface area contributed by atoms with E-state index in [0.29, 0.717) is 11.3 Å². The molecule has 8 heteroatoms. The molecular formula is C20H24F4N4. The molecule has 0 saturated carbocycles. The molecule has 1 aromatic heterocycles. The van der Waals surface area contributed by atoms with Crippen molar-refractivity contribution >= 4 is 0 Å². The minimum Gasteiger partial charge on any atom is -0.331 e. The van der Waals surface area contributed by atoms with Crippen molar-refractivity contribution in [2.75, 3.05) is 26.2 Å². The molecule has 0 amide bonds. The van der Waals surface area contributed by atoms with Crippen molar-refractivity contribution in [3.05, 3.63) is 41.6 Å². The average Bonchev–Trinajstić information content (AvgIpc) is 3.14. The fraction of sp³-hybridized carbons (Fsp3) is 0.550. The molecule has 2 aliphatic heterocycles. The quantitative estimate of drug-likeness (QED) is 0.768. The van der Waals surface area contributed by atoms with Gasteiger partial charge in [-0.05, 0) is 70.1 Å². The van der Waals surface area contributed by atoms with E-state index in [2.05, 4.69) is 15.2 Å². The van der Waals surface area contributed by atoms with Crippen molar-refractivity contribution in [2.24, 2.45) is 0 Å². The Morgan fingerprint density at radius 2 is 1.61 bits per heavy atom. The van der Waals surface area contributed by atoms with Gasteiger partial charge in [0.2, 0.25) is 0 Å². The van der Waals surface area contributed by atoms with Gasteiger partial charge in [0.25, 0.3) is 0 Å². The van der Waals surface area contributed by atoms with Crippen LogP contribution >= 0.6 is 0 Å². The zero-order valence-electron chi connectivity index (χ0n) is 15.5. The molecule has 0 bridgehead atoms. The number of halogens is 4. The Bertz CT molecular complexity index is 783. The van der Waals surface area contributed by atoms with Crippen molar-refractivity contribution in [3.63, 3.8) is 0 Å². The predicted octanol–water partition coefficient (Wildman–Crippen LogP) is 4.10. The van der Waals surface area contributed by atoms with E-state index in [9.17, 15) is 17.6 Å². The highest BCUT2D eigenvalue weighted by atomic mass is 19.4. The second-order valence-corrected chi connectivity index (χ2v) is 7.59. The van der Waals surface area contributed by atoms with Gasteiger partial charge >= 0.3 is 6.18 Å². The molecule has 4 nitrogen and oxygen atoms in total. The van der Waals surface area contributed by atoms with Crippen LogP contribution in [-0.2, 0) is 6.18 Å². The van der Waals surface area contributed by atoms with E-state index >= 15 is 0 Å². The number of alkyl halides is 3. The summed E-state index contributed by atoms with van der Waals surface area (Å²) in [6.45, 7) is 3.65. The van der Waals surface area contributed by atoms with Gasteiger partial charge in [-0.1, -0.05) is 0 Å². The van der Waals surface area contributed by atoms with Crippen LogP contribution in [0.2, 0.25) is 0 Å². The number of nitrogens with one attached hydrogen (secondary N) is 2. The highest BCUT2D eigenvalue weighted by Crippen LogP contribution is 2.36. The van der Waals surface area contributed by atoms with Crippen LogP contribution < -0.4 is 10.6 Å². The van der Waals surface area contributed by atoms with Gasteiger partial charge in [0.05, 0.1) is 11.3 Å². The van der Waals surface area contributed by atoms with Crippen molar-refractivity contribution in [3.8, 4) is 11.3 Å². The number of nitrogens with zero attached hydrogens (tertiary/aromatic N) is 2. The zero-order valence-corrected chi connectivity index (χ0v) is 15.5. The van der Waals surface area contributed by atoms with Crippen LogP contribution in [0.25, 0.3) is 11.3 Å². The molecule has 0 spiro atoms. The van der Waals surface area contributed by atoms with Crippen LogP contribution in [0.15, 0.2) is 24.4 Å². The first-order chi connectivity index (χ1) is 13.4. The maximum absolute atomic E-state index is 13.7. The minimum absolute atomic E-state index is 0.285. The first-order valence-electron chi connectivity index (χ1n) is 9.81. The molecule has 1 aromatic carbocycles. The largest absolute Gasteiger partial charge is 0.419 e. The Kier molecular flexibility index (Phi) is 5.42. The summed E-state index contributed by atoms with van der Waals surface area (Å²) >= 11 is 0. The number of benzene rings is 1. The number of aromatic nitrogens is 2. The van der Waals surface area contributed by atoms with Crippen molar-refractivity contribution in [1.29, 1.82) is 0 Å². The van der Waals surface area contributed by atoms with E-state index in [4.69, 9.17) is 4.98 Å². The topological polar surface area (TPSA) is 41.9 Å². The Hall–Kier alpha value is -1.93. The van der Waals surface area contributed by atoms with Gasteiger partial charge in [0, 0.05) is 23.7 Å². The second-order valence-electron chi connectivity index (χ2n) is 7.59. The van der Waals surface area contributed by atoms with E-state index in [1.54, 1.807) is 0 Å². The minimum atomic E-state index is -4.73. The van der Waals surface area contributed by atoms with E-state index in [-0.39, 0.29) is 12.0 Å². The number of imidazole rings is 1. The van der Waals surface area contributed by atoms with E-state index in [0.717, 1.165) is 69.8 Å². The van der Waals surface area contributed by atoms with Crippen LogP contribution in [0.5, 0.6) is 0 Å². The van der Waals surface area contributed by atoms with Gasteiger partial charge in [-0.2, -0.15) is 13.2 Å². The maximum Gasteiger partial charge on any atom is 0.419 e. The smallest absolute Gasteiger partial charge is 0.331 e. The third kappa shape index (κ3) is 3.93. The lowest BCUT2D eigenvalue weighted by molar-refractivity contribution is -0.139. The van der Waals surface area contributed by atoms with Crippen LogP contribution in [0.1, 0.15) is 49.0 Å². The Balaban J connectivity index is 1.74. The summed E-state index contributed by atoms with van der Waals surface area (Å²) < 4.78 is 55.3. The van der Waals surface area contributed by atoms with E-state index < -0.39 is 17.6 Å². The van der Waals surface area contributed by atoms with Crippen LogP contribution in [0.4, 0.5) is 17.6 Å². The molecular weight excluding hydrogens is 372 g/mol. The second kappa shape index (κ2) is 7.83. The summed E-state index contributed by atoms with van der Waals surface area (Å²) in [5, 5.41) is 6.68. The molecule has 28 heavy (non-hydrogen) atoms. The summed E-state index contributed by atoms with van der Waals surface area (Å²) in [6.07, 6.45) is 0.976.